The highest BCUT2D eigenvalue weighted by atomic mass is 28.4. The van der Waals surface area contributed by atoms with Gasteiger partial charge in [-0.25, -0.2) is 0 Å². The molecule has 0 aliphatic heterocycles. The van der Waals surface area contributed by atoms with Crippen LogP contribution in [0.5, 0.6) is 0 Å². The molecule has 2 nitrogen and oxygen atoms in total. The van der Waals surface area contributed by atoms with Crippen molar-refractivity contribution >= 4 is 18.7 Å². The molecule has 0 spiro atoms. The Morgan fingerprint density at radius 1 is 0.926 bits per heavy atom. The lowest BCUT2D eigenvalue weighted by Gasteiger charge is -2.45. The van der Waals surface area contributed by atoms with Gasteiger partial charge in [-0.15, -0.1) is 0 Å². The Kier molecular flexibility index (Phi) is 4.74. The Morgan fingerprint density at radius 2 is 1.41 bits per heavy atom. The van der Waals surface area contributed by atoms with Gasteiger partial charge in [-0.3, -0.25) is 0 Å². The summed E-state index contributed by atoms with van der Waals surface area (Å²) in [7, 11) is -2.43. The summed E-state index contributed by atoms with van der Waals surface area (Å²) in [6.07, 6.45) is 3.30. The van der Waals surface area contributed by atoms with Crippen molar-refractivity contribution in [2.24, 2.45) is 17.8 Å². The van der Waals surface area contributed by atoms with E-state index in [1.54, 1.807) is 0 Å². The lowest BCUT2D eigenvalue weighted by molar-refractivity contribution is 0.173. The first kappa shape index (κ1) is 18.5. The molecule has 3 heteroatoms. The Hall–Kier alpha value is -1.89. The molecule has 0 saturated heterocycles. The van der Waals surface area contributed by atoms with Gasteiger partial charge in [0.1, 0.15) is 0 Å². The standard InChI is InChI=1S/C24H29NOSi/c1-24(2,3)27(19-10-6-4-7-11-19,20-12-8-5-9-13-20)26-18-16-22-21(14-15-25)23(22)17-18/h4-13,18,21-23H,14,16-17H2,1-3H3. The van der Waals surface area contributed by atoms with Crippen LogP contribution >= 0.6 is 0 Å². The number of benzene rings is 2. The van der Waals surface area contributed by atoms with E-state index < -0.39 is 8.32 Å². The van der Waals surface area contributed by atoms with Crippen LogP contribution in [0.3, 0.4) is 0 Å². The molecule has 0 heterocycles. The predicted molar refractivity (Wildman–Crippen MR) is 112 cm³/mol. The van der Waals surface area contributed by atoms with E-state index in [0.29, 0.717) is 23.9 Å². The maximum absolute atomic E-state index is 9.01. The van der Waals surface area contributed by atoms with E-state index in [0.717, 1.165) is 19.3 Å². The van der Waals surface area contributed by atoms with Crippen LogP contribution in [0.1, 0.15) is 40.0 Å². The zero-order valence-electron chi connectivity index (χ0n) is 16.6. The van der Waals surface area contributed by atoms with Crippen molar-refractivity contribution in [3.05, 3.63) is 60.7 Å². The van der Waals surface area contributed by atoms with Gasteiger partial charge >= 0.3 is 0 Å². The second-order valence-electron chi connectivity index (χ2n) is 9.23. The van der Waals surface area contributed by atoms with Crippen LogP contribution in [0.15, 0.2) is 60.7 Å². The Labute approximate surface area is 164 Å². The summed E-state index contributed by atoms with van der Waals surface area (Å²) in [5.41, 5.74) is 0. The van der Waals surface area contributed by atoms with Crippen LogP contribution in [0.25, 0.3) is 0 Å². The van der Waals surface area contributed by atoms with Crippen molar-refractivity contribution in [1.29, 1.82) is 5.26 Å². The van der Waals surface area contributed by atoms with E-state index in [4.69, 9.17) is 9.69 Å². The number of fused-ring (bicyclic) bond motifs is 1. The Balaban J connectivity index is 1.70. The fourth-order valence-corrected chi connectivity index (χ4v) is 10.1. The molecule has 0 radical (unpaired) electrons. The van der Waals surface area contributed by atoms with Gasteiger partial charge in [0.15, 0.2) is 0 Å². The first-order valence-corrected chi connectivity index (χ1v) is 12.0. The molecule has 2 atom stereocenters. The van der Waals surface area contributed by atoms with Crippen LogP contribution < -0.4 is 10.4 Å². The first-order valence-electron chi connectivity index (χ1n) is 10.1. The zero-order chi connectivity index (χ0) is 19.1. The molecule has 2 fully saturated rings. The minimum atomic E-state index is -2.43. The molecule has 0 aromatic heterocycles. The van der Waals surface area contributed by atoms with Crippen molar-refractivity contribution in [2.75, 3.05) is 0 Å². The minimum Gasteiger partial charge on any atom is -0.404 e. The number of nitriles is 1. The van der Waals surface area contributed by atoms with Gasteiger partial charge in [-0.2, -0.15) is 5.26 Å². The summed E-state index contributed by atoms with van der Waals surface area (Å²) < 4.78 is 7.22. The summed E-state index contributed by atoms with van der Waals surface area (Å²) in [6, 6.07) is 24.2. The summed E-state index contributed by atoms with van der Waals surface area (Å²) >= 11 is 0. The van der Waals surface area contributed by atoms with E-state index >= 15 is 0 Å². The van der Waals surface area contributed by atoms with Gasteiger partial charge < -0.3 is 4.43 Å². The largest absolute Gasteiger partial charge is 0.404 e. The van der Waals surface area contributed by atoms with Crippen molar-refractivity contribution in [2.45, 2.75) is 51.2 Å². The van der Waals surface area contributed by atoms with Gasteiger partial charge in [-0.05, 0) is 46.0 Å². The third-order valence-electron chi connectivity index (χ3n) is 6.67. The van der Waals surface area contributed by atoms with E-state index in [1.165, 1.54) is 10.4 Å². The molecule has 4 rings (SSSR count). The highest BCUT2D eigenvalue weighted by molar-refractivity contribution is 6.99. The Morgan fingerprint density at radius 3 is 1.81 bits per heavy atom. The second kappa shape index (κ2) is 6.93. The highest BCUT2D eigenvalue weighted by Crippen LogP contribution is 2.60. The topological polar surface area (TPSA) is 33.0 Å². The van der Waals surface area contributed by atoms with E-state index in [9.17, 15) is 0 Å². The van der Waals surface area contributed by atoms with Gasteiger partial charge in [0, 0.05) is 12.5 Å². The van der Waals surface area contributed by atoms with Crippen LogP contribution in [0.2, 0.25) is 5.04 Å². The third-order valence-corrected chi connectivity index (χ3v) is 11.8. The molecule has 2 aromatic carbocycles. The van der Waals surface area contributed by atoms with Crippen molar-refractivity contribution in [3.8, 4) is 6.07 Å². The number of nitrogens with zero attached hydrogens (tertiary/aromatic N) is 1. The van der Waals surface area contributed by atoms with Crippen molar-refractivity contribution < 1.29 is 4.43 Å². The predicted octanol–water partition coefficient (Wildman–Crippen LogP) is 4.50. The van der Waals surface area contributed by atoms with Gasteiger partial charge in [0.25, 0.3) is 8.32 Å². The molecule has 2 saturated carbocycles. The van der Waals surface area contributed by atoms with Gasteiger partial charge in [0.05, 0.1) is 6.07 Å². The summed E-state index contributed by atoms with van der Waals surface area (Å²) in [5.74, 6) is 2.06. The fourth-order valence-electron chi connectivity index (χ4n) is 5.37. The fraction of sp³-hybridized carbons (Fsp3) is 0.458. The molecule has 0 bridgehead atoms. The highest BCUT2D eigenvalue weighted by Gasteiger charge is 2.59. The van der Waals surface area contributed by atoms with Crippen LogP contribution in [-0.4, -0.2) is 14.4 Å². The van der Waals surface area contributed by atoms with Gasteiger partial charge in [0.2, 0.25) is 0 Å². The molecule has 27 heavy (non-hydrogen) atoms. The van der Waals surface area contributed by atoms with Crippen LogP contribution in [-0.2, 0) is 4.43 Å². The summed E-state index contributed by atoms with van der Waals surface area (Å²) in [6.45, 7) is 7.02. The average Bonchev–Trinajstić information content (AvgIpc) is 3.11. The van der Waals surface area contributed by atoms with Gasteiger partial charge in [-0.1, -0.05) is 81.4 Å². The van der Waals surface area contributed by atoms with E-state index in [-0.39, 0.29) is 5.04 Å². The smallest absolute Gasteiger partial charge is 0.261 e. The number of rotatable bonds is 5. The molecule has 0 N–H and O–H groups in total. The Bertz CT molecular complexity index is 769. The maximum atomic E-state index is 9.01. The quantitative estimate of drug-likeness (QED) is 0.721. The van der Waals surface area contributed by atoms with E-state index in [1.807, 2.05) is 0 Å². The summed E-state index contributed by atoms with van der Waals surface area (Å²) in [5, 5.41) is 11.8. The number of hydrogen-bond acceptors (Lipinski definition) is 2. The molecule has 2 unspecified atom stereocenters. The molecule has 140 valence electrons. The maximum Gasteiger partial charge on any atom is 0.261 e. The normalized spacial score (nSPS) is 27.0. The van der Waals surface area contributed by atoms with Crippen LogP contribution in [0.4, 0.5) is 0 Å². The first-order chi connectivity index (χ1) is 13.0. The SMILES string of the molecule is CC(C)(C)[Si](OC1CC2C(CC#N)C2C1)(c1ccccc1)c1ccccc1. The molecular formula is C24H29NOSi. The average molecular weight is 376 g/mol. The third kappa shape index (κ3) is 3.16. The van der Waals surface area contributed by atoms with E-state index in [2.05, 4.69) is 87.5 Å². The van der Waals surface area contributed by atoms with Crippen molar-refractivity contribution in [1.82, 2.24) is 0 Å². The molecule has 2 aliphatic rings. The molecule has 2 aromatic rings. The van der Waals surface area contributed by atoms with Crippen LogP contribution in [0, 0.1) is 29.1 Å². The number of hydrogen-bond donors (Lipinski definition) is 0. The zero-order valence-corrected chi connectivity index (χ0v) is 17.6. The van der Waals surface area contributed by atoms with Crippen molar-refractivity contribution in [3.63, 3.8) is 0 Å². The molecule has 2 aliphatic carbocycles. The molecular weight excluding hydrogens is 346 g/mol. The lowest BCUT2D eigenvalue weighted by atomic mass is 10.1. The monoisotopic (exact) mass is 375 g/mol. The summed E-state index contributed by atoms with van der Waals surface area (Å²) in [4.78, 5) is 0. The lowest BCUT2D eigenvalue weighted by Crippen LogP contribution is -2.67. The second-order valence-corrected chi connectivity index (χ2v) is 13.5. The minimum absolute atomic E-state index is 0.0363. The molecule has 0 amide bonds.